The van der Waals surface area contributed by atoms with Crippen LogP contribution >= 0.6 is 11.3 Å². The van der Waals surface area contributed by atoms with Crippen LogP contribution in [0.4, 0.5) is 5.13 Å². The molecule has 0 saturated heterocycles. The topological polar surface area (TPSA) is 55.7 Å². The summed E-state index contributed by atoms with van der Waals surface area (Å²) in [5, 5.41) is 7.12. The molecule has 0 fully saturated rings. The number of nitrogens with one attached hydrogen (secondary N) is 1. The summed E-state index contributed by atoms with van der Waals surface area (Å²) in [6.07, 6.45) is 16.8. The lowest BCUT2D eigenvalue weighted by atomic mass is 10.1. The fraction of sp³-hybridized carbons (Fsp3) is 0.630. The van der Waals surface area contributed by atoms with Crippen LogP contribution in [0.15, 0.2) is 28.7 Å². The summed E-state index contributed by atoms with van der Waals surface area (Å²) in [7, 11) is 0. The highest BCUT2D eigenvalue weighted by Crippen LogP contribution is 2.29. The Morgan fingerprint density at radius 3 is 2.06 bits per heavy atom. The summed E-state index contributed by atoms with van der Waals surface area (Å²) in [5.41, 5.74) is 4.96. The first-order chi connectivity index (χ1) is 16.2. The van der Waals surface area contributed by atoms with Gasteiger partial charge in [0.15, 0.2) is 11.5 Å². The summed E-state index contributed by atoms with van der Waals surface area (Å²) in [6.45, 7) is 7.93. The van der Waals surface area contributed by atoms with Crippen molar-refractivity contribution in [3.8, 4) is 11.5 Å². The lowest BCUT2D eigenvalue weighted by Gasteiger charge is -2.14. The predicted octanol–water partition coefficient (Wildman–Crippen LogP) is 8.38. The molecule has 0 aliphatic heterocycles. The largest absolute Gasteiger partial charge is 0.490 e. The molecule has 1 aromatic carbocycles. The first-order valence-electron chi connectivity index (χ1n) is 12.8. The zero-order valence-electron chi connectivity index (χ0n) is 20.9. The van der Waals surface area contributed by atoms with Crippen molar-refractivity contribution in [2.75, 3.05) is 18.6 Å². The van der Waals surface area contributed by atoms with Crippen molar-refractivity contribution < 1.29 is 9.47 Å². The molecule has 0 saturated carbocycles. The van der Waals surface area contributed by atoms with Gasteiger partial charge < -0.3 is 9.47 Å². The van der Waals surface area contributed by atoms with Crippen LogP contribution in [0.2, 0.25) is 0 Å². The van der Waals surface area contributed by atoms with E-state index in [-0.39, 0.29) is 0 Å². The zero-order valence-corrected chi connectivity index (χ0v) is 21.7. The Hall–Kier alpha value is -2.08. The van der Waals surface area contributed by atoms with Gasteiger partial charge in [-0.25, -0.2) is 4.98 Å². The molecule has 1 heterocycles. The number of aryl methyl sites for hydroxylation is 1. The quantitative estimate of drug-likeness (QED) is 0.126. The minimum absolute atomic E-state index is 0.719. The van der Waals surface area contributed by atoms with Crippen LogP contribution in [-0.4, -0.2) is 24.4 Å². The van der Waals surface area contributed by atoms with Crippen molar-refractivity contribution in [3.05, 3.63) is 34.8 Å². The number of hydrogen-bond donors (Lipinski definition) is 1. The molecule has 0 aliphatic rings. The Labute approximate surface area is 205 Å². The monoisotopic (exact) mass is 473 g/mol. The van der Waals surface area contributed by atoms with Gasteiger partial charge in [0.1, 0.15) is 0 Å². The summed E-state index contributed by atoms with van der Waals surface area (Å²) >= 11 is 1.55. The molecule has 1 N–H and O–H groups in total. The van der Waals surface area contributed by atoms with E-state index in [2.05, 4.69) is 29.4 Å². The molecule has 0 spiro atoms. The Morgan fingerprint density at radius 1 is 0.848 bits per heavy atom. The van der Waals surface area contributed by atoms with Gasteiger partial charge >= 0.3 is 0 Å². The van der Waals surface area contributed by atoms with Crippen LogP contribution in [0.1, 0.15) is 102 Å². The average molecular weight is 474 g/mol. The third-order valence-corrected chi connectivity index (χ3v) is 6.34. The number of nitrogens with zero attached hydrogens (tertiary/aromatic N) is 2. The minimum Gasteiger partial charge on any atom is -0.490 e. The molecule has 0 atom stereocenters. The van der Waals surface area contributed by atoms with Gasteiger partial charge in [-0.3, -0.25) is 5.43 Å². The van der Waals surface area contributed by atoms with Crippen LogP contribution in [0.5, 0.6) is 11.5 Å². The molecule has 0 bridgehead atoms. The van der Waals surface area contributed by atoms with Crippen molar-refractivity contribution in [3.63, 3.8) is 0 Å². The van der Waals surface area contributed by atoms with Gasteiger partial charge in [-0.05, 0) is 43.5 Å². The summed E-state index contributed by atoms with van der Waals surface area (Å²) in [5.74, 6) is 1.64. The van der Waals surface area contributed by atoms with Crippen molar-refractivity contribution in [2.45, 2.75) is 97.8 Å². The van der Waals surface area contributed by atoms with E-state index in [1.54, 1.807) is 17.6 Å². The van der Waals surface area contributed by atoms with Crippen LogP contribution in [0.25, 0.3) is 0 Å². The number of rotatable bonds is 19. The molecule has 0 radical (unpaired) electrons. The normalized spacial score (nSPS) is 11.2. The molecular formula is C27H43N3O2S. The lowest BCUT2D eigenvalue weighted by molar-refractivity contribution is 0.258. The van der Waals surface area contributed by atoms with Gasteiger partial charge in [0.2, 0.25) is 5.13 Å². The number of ether oxygens (including phenoxy) is 2. The fourth-order valence-corrected chi connectivity index (χ4v) is 4.17. The van der Waals surface area contributed by atoms with Gasteiger partial charge in [-0.1, -0.05) is 78.1 Å². The van der Waals surface area contributed by atoms with Crippen LogP contribution < -0.4 is 14.9 Å². The number of thiazole rings is 1. The number of hydrogen-bond acceptors (Lipinski definition) is 6. The maximum atomic E-state index is 6.15. The Balaban J connectivity index is 1.87. The Morgan fingerprint density at radius 2 is 1.45 bits per heavy atom. The van der Waals surface area contributed by atoms with Gasteiger partial charge in [0.05, 0.1) is 25.1 Å². The van der Waals surface area contributed by atoms with E-state index in [1.807, 2.05) is 30.5 Å². The molecular weight excluding hydrogens is 430 g/mol. The third kappa shape index (κ3) is 12.1. The molecule has 1 aromatic heterocycles. The van der Waals surface area contributed by atoms with E-state index in [1.165, 1.54) is 64.2 Å². The summed E-state index contributed by atoms with van der Waals surface area (Å²) in [6, 6.07) is 6.04. The van der Waals surface area contributed by atoms with Crippen molar-refractivity contribution >= 4 is 22.7 Å². The number of anilines is 1. The van der Waals surface area contributed by atoms with Crippen LogP contribution in [0, 0.1) is 6.92 Å². The van der Waals surface area contributed by atoms with Crippen LogP contribution in [-0.2, 0) is 0 Å². The molecule has 0 amide bonds. The average Bonchev–Trinajstić information content (AvgIpc) is 3.23. The van der Waals surface area contributed by atoms with Crippen molar-refractivity contribution in [2.24, 2.45) is 5.10 Å². The third-order valence-electron chi connectivity index (χ3n) is 5.47. The maximum absolute atomic E-state index is 6.15. The SMILES string of the molecule is CCCCCCCCOc1ccc(C=NNc2nc(C)cs2)cc1OCCCCCCCC. The molecule has 33 heavy (non-hydrogen) atoms. The van der Waals surface area contributed by atoms with E-state index in [0.717, 1.165) is 53.9 Å². The Bertz CT molecular complexity index is 791. The summed E-state index contributed by atoms with van der Waals surface area (Å²) < 4.78 is 12.2. The molecule has 2 aromatic rings. The zero-order chi connectivity index (χ0) is 23.6. The maximum Gasteiger partial charge on any atom is 0.203 e. The standard InChI is InChI=1S/C27H43N3O2S/c1-4-6-8-10-12-14-18-31-25-17-16-24(21-28-30-27-29-23(3)22-33-27)20-26(25)32-19-15-13-11-9-7-5-2/h16-17,20-22H,4-15,18-19H2,1-3H3,(H,29,30). The van der Waals surface area contributed by atoms with Crippen molar-refractivity contribution in [1.82, 2.24) is 4.98 Å². The van der Waals surface area contributed by atoms with Gasteiger partial charge in [-0.2, -0.15) is 5.10 Å². The minimum atomic E-state index is 0.719. The highest BCUT2D eigenvalue weighted by Gasteiger charge is 2.07. The number of hydrazone groups is 1. The molecule has 0 aliphatic carbocycles. The second kappa shape index (κ2) is 17.4. The van der Waals surface area contributed by atoms with E-state index >= 15 is 0 Å². The molecule has 5 nitrogen and oxygen atoms in total. The number of unbranched alkanes of at least 4 members (excludes halogenated alkanes) is 10. The second-order valence-corrected chi connectivity index (χ2v) is 9.46. The number of aromatic nitrogens is 1. The van der Waals surface area contributed by atoms with E-state index in [4.69, 9.17) is 9.47 Å². The molecule has 2 rings (SSSR count). The number of benzene rings is 1. The summed E-state index contributed by atoms with van der Waals surface area (Å²) in [4.78, 5) is 4.36. The highest BCUT2D eigenvalue weighted by molar-refractivity contribution is 7.13. The van der Waals surface area contributed by atoms with Gasteiger partial charge in [0, 0.05) is 5.38 Å². The van der Waals surface area contributed by atoms with Crippen molar-refractivity contribution in [1.29, 1.82) is 0 Å². The lowest BCUT2D eigenvalue weighted by Crippen LogP contribution is -2.03. The van der Waals surface area contributed by atoms with Gasteiger partial charge in [-0.15, -0.1) is 11.3 Å². The first-order valence-corrected chi connectivity index (χ1v) is 13.7. The highest BCUT2D eigenvalue weighted by atomic mass is 32.1. The molecule has 0 unspecified atom stereocenters. The van der Waals surface area contributed by atoms with Crippen LogP contribution in [0.3, 0.4) is 0 Å². The Kier molecular flexibility index (Phi) is 14.3. The van der Waals surface area contributed by atoms with E-state index in [9.17, 15) is 0 Å². The predicted molar refractivity (Wildman–Crippen MR) is 142 cm³/mol. The van der Waals surface area contributed by atoms with E-state index in [0.29, 0.717) is 0 Å². The fourth-order valence-electron chi connectivity index (χ4n) is 3.53. The second-order valence-electron chi connectivity index (χ2n) is 8.60. The smallest absolute Gasteiger partial charge is 0.203 e. The first kappa shape index (κ1) is 27.2. The molecule has 184 valence electrons. The van der Waals surface area contributed by atoms with Gasteiger partial charge in [0.25, 0.3) is 0 Å². The molecule has 6 heteroatoms. The van der Waals surface area contributed by atoms with E-state index < -0.39 is 0 Å².